The van der Waals surface area contributed by atoms with Crippen molar-refractivity contribution in [2.45, 2.75) is 4.90 Å². The van der Waals surface area contributed by atoms with Crippen LogP contribution in [-0.4, -0.2) is 46.0 Å². The molecule has 0 spiro atoms. The number of nitrogens with one attached hydrogen (secondary N) is 2. The van der Waals surface area contributed by atoms with E-state index in [-0.39, 0.29) is 10.5 Å². The number of carbonyl (C=O) groups excluding carboxylic acids is 2. The first-order valence-corrected chi connectivity index (χ1v) is 11.3. The lowest BCUT2D eigenvalue weighted by molar-refractivity contribution is -0.119. The summed E-state index contributed by atoms with van der Waals surface area (Å²) in [5.41, 5.74) is 1.56. The van der Waals surface area contributed by atoms with Crippen LogP contribution >= 0.6 is 11.3 Å². The largest absolute Gasteiger partial charge is 0.497 e. The molecule has 0 saturated carbocycles. The van der Waals surface area contributed by atoms with Gasteiger partial charge in [0.15, 0.2) is 11.7 Å². The number of carbonyl (C=O) groups is 2. The molecule has 9 nitrogen and oxygen atoms in total. The van der Waals surface area contributed by atoms with Crippen molar-refractivity contribution in [3.63, 3.8) is 0 Å². The molecule has 3 aromatic rings. The summed E-state index contributed by atoms with van der Waals surface area (Å²) in [6.45, 7) is -0.542. The topological polar surface area (TPSA) is 124 Å². The average Bonchev–Trinajstić information content (AvgIpc) is 3.26. The van der Waals surface area contributed by atoms with Crippen molar-refractivity contribution >= 4 is 38.4 Å². The van der Waals surface area contributed by atoms with E-state index in [1.807, 2.05) is 24.3 Å². The number of anilines is 1. The Morgan fingerprint density at radius 3 is 2.55 bits per heavy atom. The number of rotatable bonds is 8. The van der Waals surface area contributed by atoms with E-state index < -0.39 is 28.5 Å². The SMILES string of the molecule is CNS(=O)(=O)c1cccc(C(=O)OCC(=O)Nc2nc(-c3ccc(OC)cc3)cs2)c1. The molecular formula is C20H19N3O6S2. The van der Waals surface area contributed by atoms with Crippen LogP contribution in [0.4, 0.5) is 5.13 Å². The third-order valence-corrected chi connectivity index (χ3v) is 6.29. The predicted molar refractivity (Wildman–Crippen MR) is 116 cm³/mol. The fourth-order valence-corrected chi connectivity index (χ4v) is 4.01. The molecule has 0 unspecified atom stereocenters. The zero-order valence-corrected chi connectivity index (χ0v) is 18.2. The molecule has 11 heteroatoms. The third kappa shape index (κ3) is 5.66. The molecule has 1 amide bonds. The maximum Gasteiger partial charge on any atom is 0.338 e. The predicted octanol–water partition coefficient (Wildman–Crippen LogP) is 2.52. The maximum atomic E-state index is 12.2. The molecule has 1 heterocycles. The summed E-state index contributed by atoms with van der Waals surface area (Å²) in [4.78, 5) is 28.5. The van der Waals surface area contributed by atoms with E-state index in [1.165, 1.54) is 42.6 Å². The molecule has 0 atom stereocenters. The Hall–Kier alpha value is -3.28. The van der Waals surface area contributed by atoms with E-state index in [0.29, 0.717) is 10.8 Å². The van der Waals surface area contributed by atoms with E-state index in [0.717, 1.165) is 11.3 Å². The van der Waals surface area contributed by atoms with Crippen molar-refractivity contribution < 1.29 is 27.5 Å². The summed E-state index contributed by atoms with van der Waals surface area (Å²) in [6.07, 6.45) is 0. The van der Waals surface area contributed by atoms with Crippen LogP contribution in [0.1, 0.15) is 10.4 Å². The molecule has 0 bridgehead atoms. The van der Waals surface area contributed by atoms with Gasteiger partial charge in [-0.05, 0) is 49.5 Å². The van der Waals surface area contributed by atoms with E-state index in [4.69, 9.17) is 9.47 Å². The van der Waals surface area contributed by atoms with Gasteiger partial charge in [-0.15, -0.1) is 11.3 Å². The van der Waals surface area contributed by atoms with Gasteiger partial charge in [0.2, 0.25) is 10.0 Å². The number of sulfonamides is 1. The number of ether oxygens (including phenoxy) is 2. The Labute approximate surface area is 183 Å². The van der Waals surface area contributed by atoms with Gasteiger partial charge in [-0.1, -0.05) is 6.07 Å². The molecule has 0 fully saturated rings. The van der Waals surface area contributed by atoms with Crippen molar-refractivity contribution in [1.82, 2.24) is 9.71 Å². The van der Waals surface area contributed by atoms with E-state index in [9.17, 15) is 18.0 Å². The number of benzene rings is 2. The molecule has 0 saturated heterocycles. The Balaban J connectivity index is 1.57. The first-order valence-electron chi connectivity index (χ1n) is 8.93. The summed E-state index contributed by atoms with van der Waals surface area (Å²) in [5, 5.41) is 4.71. The van der Waals surface area contributed by atoms with Gasteiger partial charge >= 0.3 is 5.97 Å². The van der Waals surface area contributed by atoms with E-state index in [1.54, 1.807) is 12.5 Å². The van der Waals surface area contributed by atoms with Gasteiger partial charge < -0.3 is 9.47 Å². The van der Waals surface area contributed by atoms with Gasteiger partial charge in [-0.3, -0.25) is 10.1 Å². The summed E-state index contributed by atoms with van der Waals surface area (Å²) in [6, 6.07) is 12.7. The van der Waals surface area contributed by atoms with Crippen LogP contribution in [0.5, 0.6) is 5.75 Å². The number of esters is 1. The minimum Gasteiger partial charge on any atom is -0.497 e. The number of methoxy groups -OCH3 is 1. The fraction of sp³-hybridized carbons (Fsp3) is 0.150. The van der Waals surface area contributed by atoms with Crippen LogP contribution in [0.2, 0.25) is 0 Å². The Kier molecular flexibility index (Phi) is 7.00. The van der Waals surface area contributed by atoms with Gasteiger partial charge in [0.05, 0.1) is 23.3 Å². The van der Waals surface area contributed by atoms with Crippen LogP contribution in [0.15, 0.2) is 58.8 Å². The van der Waals surface area contributed by atoms with Crippen molar-refractivity contribution in [2.75, 3.05) is 26.1 Å². The lowest BCUT2D eigenvalue weighted by atomic mass is 10.2. The highest BCUT2D eigenvalue weighted by molar-refractivity contribution is 7.89. The lowest BCUT2D eigenvalue weighted by Gasteiger charge is -2.07. The Morgan fingerprint density at radius 1 is 1.13 bits per heavy atom. The van der Waals surface area contributed by atoms with Gasteiger partial charge in [0.25, 0.3) is 5.91 Å². The third-order valence-electron chi connectivity index (χ3n) is 4.12. The highest BCUT2D eigenvalue weighted by Crippen LogP contribution is 2.26. The quantitative estimate of drug-likeness (QED) is 0.494. The number of amides is 1. The highest BCUT2D eigenvalue weighted by atomic mass is 32.2. The van der Waals surface area contributed by atoms with Crippen molar-refractivity contribution in [1.29, 1.82) is 0 Å². The highest BCUT2D eigenvalue weighted by Gasteiger charge is 2.16. The lowest BCUT2D eigenvalue weighted by Crippen LogP contribution is -2.21. The Morgan fingerprint density at radius 2 is 1.87 bits per heavy atom. The normalized spacial score (nSPS) is 11.0. The molecule has 0 aliphatic carbocycles. The summed E-state index contributed by atoms with van der Waals surface area (Å²) < 4.78 is 35.9. The number of nitrogens with zero attached hydrogens (tertiary/aromatic N) is 1. The smallest absolute Gasteiger partial charge is 0.338 e. The van der Waals surface area contributed by atoms with Crippen LogP contribution in [0.3, 0.4) is 0 Å². The fourth-order valence-electron chi connectivity index (χ4n) is 2.50. The van der Waals surface area contributed by atoms with E-state index >= 15 is 0 Å². The van der Waals surface area contributed by atoms with Crippen LogP contribution < -0.4 is 14.8 Å². The van der Waals surface area contributed by atoms with Gasteiger partial charge in [0.1, 0.15) is 5.75 Å². The van der Waals surface area contributed by atoms with Crippen LogP contribution in [0, 0.1) is 0 Å². The van der Waals surface area contributed by atoms with Gasteiger partial charge in [-0.2, -0.15) is 0 Å². The van der Waals surface area contributed by atoms with Crippen molar-refractivity contribution in [2.24, 2.45) is 0 Å². The first kappa shape index (κ1) is 22.4. The first-order chi connectivity index (χ1) is 14.8. The summed E-state index contributed by atoms with van der Waals surface area (Å²) in [5.74, 6) is -0.659. The van der Waals surface area contributed by atoms with Crippen LogP contribution in [-0.2, 0) is 19.6 Å². The monoisotopic (exact) mass is 461 g/mol. The number of hydrogen-bond acceptors (Lipinski definition) is 8. The van der Waals surface area contributed by atoms with E-state index in [2.05, 4.69) is 15.0 Å². The Bertz CT molecular complexity index is 1190. The second-order valence-electron chi connectivity index (χ2n) is 6.13. The molecule has 3 rings (SSSR count). The molecule has 31 heavy (non-hydrogen) atoms. The second kappa shape index (κ2) is 9.69. The molecule has 1 aromatic heterocycles. The average molecular weight is 462 g/mol. The molecule has 2 aromatic carbocycles. The number of aromatic nitrogens is 1. The second-order valence-corrected chi connectivity index (χ2v) is 8.87. The molecular weight excluding hydrogens is 442 g/mol. The minimum absolute atomic E-state index is 0.0140. The van der Waals surface area contributed by atoms with Crippen molar-refractivity contribution in [3.8, 4) is 17.0 Å². The summed E-state index contributed by atoms with van der Waals surface area (Å²) >= 11 is 1.23. The molecule has 0 aliphatic heterocycles. The molecule has 0 radical (unpaired) electrons. The van der Waals surface area contributed by atoms with Gasteiger partial charge in [0, 0.05) is 10.9 Å². The zero-order valence-electron chi connectivity index (χ0n) is 16.6. The standard InChI is InChI=1S/C20H19N3O6S2/c1-21-31(26,27)16-5-3-4-14(10-16)19(25)29-11-18(24)23-20-22-17(12-30-20)13-6-8-15(28-2)9-7-13/h3-10,12,21H,11H2,1-2H3,(H,22,23,24). The molecule has 162 valence electrons. The van der Waals surface area contributed by atoms with Crippen molar-refractivity contribution in [3.05, 3.63) is 59.5 Å². The molecule has 2 N–H and O–H groups in total. The number of thiazole rings is 1. The number of hydrogen-bond donors (Lipinski definition) is 2. The van der Waals surface area contributed by atoms with Crippen LogP contribution in [0.25, 0.3) is 11.3 Å². The molecule has 0 aliphatic rings. The van der Waals surface area contributed by atoms with Gasteiger partial charge in [-0.25, -0.2) is 22.9 Å². The summed E-state index contributed by atoms with van der Waals surface area (Å²) in [7, 11) is -0.852. The minimum atomic E-state index is -3.70. The maximum absolute atomic E-state index is 12.2. The zero-order chi connectivity index (χ0) is 22.4.